The molecule has 1 atom stereocenters. The lowest BCUT2D eigenvalue weighted by Crippen LogP contribution is -2.32. The Morgan fingerprint density at radius 2 is 2.22 bits per heavy atom. The Bertz CT molecular complexity index is 507. The summed E-state index contributed by atoms with van der Waals surface area (Å²) in [4.78, 5) is 0. The standard InChI is InChI=1S/C13H20N2O2S/c1-11-4-3-5-13(8-11)15(2)18(16,17)10-12-6-7-14-9-12/h3-5,8,12,14H,6-7,9-10H2,1-2H3. The van der Waals surface area contributed by atoms with E-state index in [0.717, 1.165) is 30.8 Å². The Morgan fingerprint density at radius 3 is 2.83 bits per heavy atom. The number of anilines is 1. The molecule has 1 N–H and O–H groups in total. The topological polar surface area (TPSA) is 49.4 Å². The second kappa shape index (κ2) is 5.28. The third-order valence-electron chi connectivity index (χ3n) is 3.39. The summed E-state index contributed by atoms with van der Waals surface area (Å²) in [5, 5.41) is 3.20. The van der Waals surface area contributed by atoms with Gasteiger partial charge in [-0.15, -0.1) is 0 Å². The molecule has 1 unspecified atom stereocenters. The second-order valence-corrected chi connectivity index (χ2v) is 6.99. The fourth-order valence-corrected chi connectivity index (χ4v) is 3.79. The Balaban J connectivity index is 2.13. The average Bonchev–Trinajstić information content (AvgIpc) is 2.80. The normalized spacial score (nSPS) is 20.0. The zero-order chi connectivity index (χ0) is 13.2. The highest BCUT2D eigenvalue weighted by atomic mass is 32.2. The smallest absolute Gasteiger partial charge is 0.235 e. The van der Waals surface area contributed by atoms with Crippen molar-refractivity contribution in [2.24, 2.45) is 5.92 Å². The lowest BCUT2D eigenvalue weighted by Gasteiger charge is -2.21. The first-order chi connectivity index (χ1) is 8.49. The van der Waals surface area contributed by atoms with Crippen molar-refractivity contribution in [3.05, 3.63) is 29.8 Å². The first kappa shape index (κ1) is 13.4. The number of benzene rings is 1. The van der Waals surface area contributed by atoms with Crippen LogP contribution in [0.1, 0.15) is 12.0 Å². The van der Waals surface area contributed by atoms with Gasteiger partial charge in [-0.1, -0.05) is 12.1 Å². The van der Waals surface area contributed by atoms with Crippen molar-refractivity contribution in [1.82, 2.24) is 5.32 Å². The van der Waals surface area contributed by atoms with Crippen molar-refractivity contribution >= 4 is 15.7 Å². The fraction of sp³-hybridized carbons (Fsp3) is 0.538. The summed E-state index contributed by atoms with van der Waals surface area (Å²) < 4.78 is 26.0. The third-order valence-corrected chi connectivity index (χ3v) is 5.33. The Labute approximate surface area is 109 Å². The van der Waals surface area contributed by atoms with E-state index in [1.807, 2.05) is 31.2 Å². The summed E-state index contributed by atoms with van der Waals surface area (Å²) >= 11 is 0. The Hall–Kier alpha value is -1.07. The minimum atomic E-state index is -3.22. The summed E-state index contributed by atoms with van der Waals surface area (Å²) in [7, 11) is -1.59. The lowest BCUT2D eigenvalue weighted by molar-refractivity contribution is 0.569. The van der Waals surface area contributed by atoms with Crippen LogP contribution in [-0.4, -0.2) is 34.3 Å². The highest BCUT2D eigenvalue weighted by Crippen LogP contribution is 2.20. The van der Waals surface area contributed by atoms with Crippen LogP contribution in [0, 0.1) is 12.8 Å². The van der Waals surface area contributed by atoms with E-state index in [4.69, 9.17) is 0 Å². The first-order valence-electron chi connectivity index (χ1n) is 6.23. The maximum absolute atomic E-state index is 12.3. The molecule has 1 aliphatic rings. The zero-order valence-corrected chi connectivity index (χ0v) is 11.7. The maximum Gasteiger partial charge on any atom is 0.235 e. The average molecular weight is 268 g/mol. The van der Waals surface area contributed by atoms with Gasteiger partial charge in [0.1, 0.15) is 0 Å². The minimum absolute atomic E-state index is 0.227. The Morgan fingerprint density at radius 1 is 1.44 bits per heavy atom. The number of nitrogens with zero attached hydrogens (tertiary/aromatic N) is 1. The van der Waals surface area contributed by atoms with Crippen molar-refractivity contribution in [1.29, 1.82) is 0 Å². The summed E-state index contributed by atoms with van der Waals surface area (Å²) in [6.45, 7) is 3.69. The number of rotatable bonds is 4. The summed E-state index contributed by atoms with van der Waals surface area (Å²) in [5.74, 6) is 0.465. The molecule has 1 heterocycles. The molecular weight excluding hydrogens is 248 g/mol. The number of nitrogens with one attached hydrogen (secondary N) is 1. The molecule has 1 aliphatic heterocycles. The quantitative estimate of drug-likeness (QED) is 0.897. The molecule has 0 bridgehead atoms. The molecule has 1 aromatic carbocycles. The van der Waals surface area contributed by atoms with Crippen LogP contribution in [-0.2, 0) is 10.0 Å². The molecule has 100 valence electrons. The molecule has 0 saturated carbocycles. The van der Waals surface area contributed by atoms with E-state index in [-0.39, 0.29) is 11.7 Å². The van der Waals surface area contributed by atoms with Gasteiger partial charge in [-0.05, 0) is 50.0 Å². The zero-order valence-electron chi connectivity index (χ0n) is 10.9. The molecule has 5 heteroatoms. The lowest BCUT2D eigenvalue weighted by atomic mass is 10.2. The van der Waals surface area contributed by atoms with Crippen molar-refractivity contribution in [3.8, 4) is 0 Å². The van der Waals surface area contributed by atoms with E-state index >= 15 is 0 Å². The predicted molar refractivity (Wildman–Crippen MR) is 74.3 cm³/mol. The molecule has 1 saturated heterocycles. The number of sulfonamides is 1. The van der Waals surface area contributed by atoms with Gasteiger partial charge in [0.2, 0.25) is 10.0 Å². The van der Waals surface area contributed by atoms with Gasteiger partial charge >= 0.3 is 0 Å². The van der Waals surface area contributed by atoms with Gasteiger partial charge in [0.15, 0.2) is 0 Å². The molecule has 0 radical (unpaired) electrons. The Kier molecular flexibility index (Phi) is 3.92. The third kappa shape index (κ3) is 3.03. The SMILES string of the molecule is Cc1cccc(N(C)S(=O)(=O)CC2CCNC2)c1. The minimum Gasteiger partial charge on any atom is -0.316 e. The summed E-state index contributed by atoms with van der Waals surface area (Å²) in [5.41, 5.74) is 1.80. The second-order valence-electron chi connectivity index (χ2n) is 4.94. The monoisotopic (exact) mass is 268 g/mol. The molecule has 18 heavy (non-hydrogen) atoms. The molecule has 0 spiro atoms. The van der Waals surface area contributed by atoms with E-state index in [9.17, 15) is 8.42 Å². The van der Waals surface area contributed by atoms with Gasteiger partial charge < -0.3 is 5.32 Å². The van der Waals surface area contributed by atoms with Crippen LogP contribution < -0.4 is 9.62 Å². The van der Waals surface area contributed by atoms with Crippen molar-refractivity contribution in [2.75, 3.05) is 30.2 Å². The summed E-state index contributed by atoms with van der Waals surface area (Å²) in [6.07, 6.45) is 0.945. The number of hydrogen-bond donors (Lipinski definition) is 1. The van der Waals surface area contributed by atoms with Crippen LogP contribution in [0.2, 0.25) is 0 Å². The van der Waals surface area contributed by atoms with Crippen LogP contribution in [0.25, 0.3) is 0 Å². The van der Waals surface area contributed by atoms with E-state index in [0.29, 0.717) is 0 Å². The van der Waals surface area contributed by atoms with Gasteiger partial charge in [-0.2, -0.15) is 0 Å². The molecular formula is C13H20N2O2S. The summed E-state index contributed by atoms with van der Waals surface area (Å²) in [6, 6.07) is 7.57. The molecule has 2 rings (SSSR count). The molecule has 4 nitrogen and oxygen atoms in total. The van der Waals surface area contributed by atoms with Crippen LogP contribution in [0.5, 0.6) is 0 Å². The maximum atomic E-state index is 12.3. The number of aryl methyl sites for hydroxylation is 1. The van der Waals surface area contributed by atoms with E-state index in [1.54, 1.807) is 7.05 Å². The van der Waals surface area contributed by atoms with Crippen LogP contribution >= 0.6 is 0 Å². The molecule has 0 aliphatic carbocycles. The fourth-order valence-electron chi connectivity index (χ4n) is 2.25. The van der Waals surface area contributed by atoms with E-state index in [2.05, 4.69) is 5.32 Å². The van der Waals surface area contributed by atoms with Gasteiger partial charge in [0.25, 0.3) is 0 Å². The van der Waals surface area contributed by atoms with Gasteiger partial charge in [-0.25, -0.2) is 8.42 Å². The predicted octanol–water partition coefficient (Wildman–Crippen LogP) is 1.37. The van der Waals surface area contributed by atoms with E-state index in [1.165, 1.54) is 4.31 Å². The van der Waals surface area contributed by atoms with Crippen LogP contribution in [0.15, 0.2) is 24.3 Å². The molecule has 1 fully saturated rings. The molecule has 0 amide bonds. The van der Waals surface area contributed by atoms with Crippen molar-refractivity contribution in [3.63, 3.8) is 0 Å². The van der Waals surface area contributed by atoms with Crippen molar-refractivity contribution in [2.45, 2.75) is 13.3 Å². The highest BCUT2D eigenvalue weighted by molar-refractivity contribution is 7.92. The van der Waals surface area contributed by atoms with Gasteiger partial charge in [0.05, 0.1) is 11.4 Å². The highest BCUT2D eigenvalue weighted by Gasteiger charge is 2.25. The molecule has 1 aromatic rings. The van der Waals surface area contributed by atoms with Crippen molar-refractivity contribution < 1.29 is 8.42 Å². The van der Waals surface area contributed by atoms with Gasteiger partial charge in [0, 0.05) is 7.05 Å². The van der Waals surface area contributed by atoms with Crippen LogP contribution in [0.3, 0.4) is 0 Å². The molecule has 0 aromatic heterocycles. The van der Waals surface area contributed by atoms with Crippen LogP contribution in [0.4, 0.5) is 5.69 Å². The first-order valence-corrected chi connectivity index (χ1v) is 7.84. The number of hydrogen-bond acceptors (Lipinski definition) is 3. The van der Waals surface area contributed by atoms with Gasteiger partial charge in [-0.3, -0.25) is 4.31 Å². The largest absolute Gasteiger partial charge is 0.316 e. The van der Waals surface area contributed by atoms with E-state index < -0.39 is 10.0 Å².